The van der Waals surface area contributed by atoms with Crippen LogP contribution in [0.3, 0.4) is 0 Å². The van der Waals surface area contributed by atoms with E-state index in [1.165, 1.54) is 18.9 Å². The lowest BCUT2D eigenvalue weighted by molar-refractivity contribution is -0.385. The second-order valence-corrected chi connectivity index (χ2v) is 5.01. The number of nitrogens with one attached hydrogen (secondary N) is 1. The highest BCUT2D eigenvalue weighted by molar-refractivity contribution is 5.48. The van der Waals surface area contributed by atoms with Gasteiger partial charge in [-0.05, 0) is 51.3 Å². The van der Waals surface area contributed by atoms with Crippen molar-refractivity contribution in [1.29, 1.82) is 0 Å². The van der Waals surface area contributed by atoms with Crippen molar-refractivity contribution in [1.82, 2.24) is 5.32 Å². The van der Waals surface area contributed by atoms with Gasteiger partial charge in [0, 0.05) is 6.07 Å². The molecule has 1 heterocycles. The van der Waals surface area contributed by atoms with E-state index in [4.69, 9.17) is 4.74 Å². The Morgan fingerprint density at radius 1 is 1.53 bits per heavy atom. The zero-order chi connectivity index (χ0) is 13.7. The Bertz CT molecular complexity index is 442. The summed E-state index contributed by atoms with van der Waals surface area (Å²) in [5.74, 6) is 1.28. The quantitative estimate of drug-likeness (QED) is 0.656. The molecule has 19 heavy (non-hydrogen) atoms. The highest BCUT2D eigenvalue weighted by Gasteiger charge is 2.16. The van der Waals surface area contributed by atoms with E-state index in [9.17, 15) is 10.1 Å². The first-order chi connectivity index (χ1) is 9.18. The Morgan fingerprint density at radius 2 is 2.37 bits per heavy atom. The summed E-state index contributed by atoms with van der Waals surface area (Å²) in [5.41, 5.74) is 0.728. The highest BCUT2D eigenvalue weighted by atomic mass is 16.6. The molecule has 1 aromatic carbocycles. The fourth-order valence-electron chi connectivity index (χ4n) is 2.46. The molecule has 0 spiro atoms. The van der Waals surface area contributed by atoms with Gasteiger partial charge in [0.15, 0.2) is 0 Å². The normalized spacial score (nSPS) is 19.1. The molecule has 104 valence electrons. The topological polar surface area (TPSA) is 64.4 Å². The molecule has 0 saturated carbocycles. The summed E-state index contributed by atoms with van der Waals surface area (Å²) in [5, 5.41) is 14.2. The first-order valence-electron chi connectivity index (χ1n) is 6.76. The van der Waals surface area contributed by atoms with Crippen LogP contribution in [0.2, 0.25) is 0 Å². The van der Waals surface area contributed by atoms with Crippen molar-refractivity contribution in [2.45, 2.75) is 26.2 Å². The molecule has 0 radical (unpaired) electrons. The maximum Gasteiger partial charge on any atom is 0.276 e. The minimum absolute atomic E-state index is 0.122. The van der Waals surface area contributed by atoms with E-state index in [2.05, 4.69) is 5.32 Å². The maximum absolute atomic E-state index is 10.8. The highest BCUT2D eigenvalue weighted by Crippen LogP contribution is 2.27. The van der Waals surface area contributed by atoms with Gasteiger partial charge < -0.3 is 10.1 Å². The molecule has 1 aliphatic rings. The van der Waals surface area contributed by atoms with Crippen LogP contribution in [0.1, 0.15) is 24.8 Å². The molecule has 0 aromatic heterocycles. The lowest BCUT2D eigenvalue weighted by Crippen LogP contribution is -2.30. The predicted molar refractivity (Wildman–Crippen MR) is 73.5 cm³/mol. The van der Waals surface area contributed by atoms with Crippen molar-refractivity contribution in [3.05, 3.63) is 33.9 Å². The van der Waals surface area contributed by atoms with E-state index in [-0.39, 0.29) is 10.6 Å². The number of rotatable bonds is 5. The largest absolute Gasteiger partial charge is 0.493 e. The number of hydrogen-bond acceptors (Lipinski definition) is 4. The Morgan fingerprint density at radius 3 is 3.05 bits per heavy atom. The molecule has 1 aromatic rings. The summed E-state index contributed by atoms with van der Waals surface area (Å²) in [7, 11) is 0. The van der Waals surface area contributed by atoms with Crippen molar-refractivity contribution in [3.63, 3.8) is 0 Å². The third-order valence-corrected chi connectivity index (χ3v) is 3.63. The van der Waals surface area contributed by atoms with Crippen LogP contribution >= 0.6 is 0 Å². The number of ether oxygens (including phenoxy) is 1. The van der Waals surface area contributed by atoms with E-state index >= 15 is 0 Å². The molecule has 5 heteroatoms. The van der Waals surface area contributed by atoms with Gasteiger partial charge in [-0.2, -0.15) is 0 Å². The van der Waals surface area contributed by atoms with Crippen LogP contribution in [-0.2, 0) is 0 Å². The van der Waals surface area contributed by atoms with Crippen molar-refractivity contribution in [2.75, 3.05) is 19.7 Å². The molecular formula is C14H20N2O3. The van der Waals surface area contributed by atoms with E-state index in [0.717, 1.165) is 19.5 Å². The van der Waals surface area contributed by atoms with Gasteiger partial charge in [0.2, 0.25) is 0 Å². The van der Waals surface area contributed by atoms with E-state index < -0.39 is 0 Å². The molecule has 1 aliphatic heterocycles. The van der Waals surface area contributed by atoms with Gasteiger partial charge in [-0.3, -0.25) is 10.1 Å². The molecule has 1 atom stereocenters. The van der Waals surface area contributed by atoms with Crippen molar-refractivity contribution in [2.24, 2.45) is 5.92 Å². The second-order valence-electron chi connectivity index (χ2n) is 5.01. The zero-order valence-corrected chi connectivity index (χ0v) is 11.2. The van der Waals surface area contributed by atoms with Gasteiger partial charge in [0.1, 0.15) is 5.75 Å². The number of benzene rings is 1. The molecule has 5 nitrogen and oxygen atoms in total. The van der Waals surface area contributed by atoms with Crippen LogP contribution in [-0.4, -0.2) is 24.6 Å². The van der Waals surface area contributed by atoms with Crippen molar-refractivity contribution < 1.29 is 9.66 Å². The van der Waals surface area contributed by atoms with Gasteiger partial charge >= 0.3 is 0 Å². The summed E-state index contributed by atoms with van der Waals surface area (Å²) in [6, 6.07) is 4.97. The lowest BCUT2D eigenvalue weighted by atomic mass is 9.97. The van der Waals surface area contributed by atoms with Crippen LogP contribution in [0.15, 0.2) is 18.2 Å². The number of hydrogen-bond donors (Lipinski definition) is 1. The monoisotopic (exact) mass is 264 g/mol. The Kier molecular flexibility index (Phi) is 4.74. The van der Waals surface area contributed by atoms with Gasteiger partial charge in [0.25, 0.3) is 5.69 Å². The molecule has 1 fully saturated rings. The molecular weight excluding hydrogens is 244 g/mol. The summed E-state index contributed by atoms with van der Waals surface area (Å²) < 4.78 is 5.70. The van der Waals surface area contributed by atoms with Crippen LogP contribution < -0.4 is 10.1 Å². The average molecular weight is 264 g/mol. The summed E-state index contributed by atoms with van der Waals surface area (Å²) >= 11 is 0. The van der Waals surface area contributed by atoms with Gasteiger partial charge in [0.05, 0.1) is 17.1 Å². The maximum atomic E-state index is 10.8. The van der Waals surface area contributed by atoms with Crippen molar-refractivity contribution in [3.8, 4) is 5.75 Å². The Labute approximate surface area is 113 Å². The minimum atomic E-state index is -0.368. The van der Waals surface area contributed by atoms with Gasteiger partial charge in [-0.25, -0.2) is 0 Å². The standard InChI is InChI=1S/C14H20N2O3/c1-11-13(16(17)18)5-2-6-14(11)19-9-7-12-4-3-8-15-10-12/h2,5-6,12,15H,3-4,7-10H2,1H3. The first-order valence-corrected chi connectivity index (χ1v) is 6.76. The molecule has 1 saturated heterocycles. The molecule has 0 aliphatic carbocycles. The molecule has 0 bridgehead atoms. The van der Waals surface area contributed by atoms with E-state index in [0.29, 0.717) is 23.8 Å². The van der Waals surface area contributed by atoms with Crippen molar-refractivity contribution >= 4 is 5.69 Å². The summed E-state index contributed by atoms with van der Waals surface area (Å²) in [6.07, 6.45) is 3.46. The predicted octanol–water partition coefficient (Wildman–Crippen LogP) is 2.67. The van der Waals surface area contributed by atoms with Gasteiger partial charge in [-0.1, -0.05) is 6.07 Å². The van der Waals surface area contributed by atoms with Crippen LogP contribution in [0.4, 0.5) is 5.69 Å². The van der Waals surface area contributed by atoms with E-state index in [1.54, 1.807) is 19.1 Å². The van der Waals surface area contributed by atoms with E-state index in [1.807, 2.05) is 0 Å². The number of nitrogens with zero attached hydrogens (tertiary/aromatic N) is 1. The third kappa shape index (κ3) is 3.67. The molecule has 1 unspecified atom stereocenters. The number of nitro groups is 1. The molecule has 1 N–H and O–H groups in total. The fraction of sp³-hybridized carbons (Fsp3) is 0.571. The Hall–Kier alpha value is -1.62. The van der Waals surface area contributed by atoms with Crippen LogP contribution in [0.5, 0.6) is 5.75 Å². The second kappa shape index (κ2) is 6.52. The summed E-state index contributed by atoms with van der Waals surface area (Å²) in [6.45, 7) is 4.52. The lowest BCUT2D eigenvalue weighted by Gasteiger charge is -2.22. The Balaban J connectivity index is 1.88. The summed E-state index contributed by atoms with van der Waals surface area (Å²) in [4.78, 5) is 10.5. The first kappa shape index (κ1) is 13.8. The average Bonchev–Trinajstić information content (AvgIpc) is 2.41. The fourth-order valence-corrected chi connectivity index (χ4v) is 2.46. The smallest absolute Gasteiger partial charge is 0.276 e. The SMILES string of the molecule is Cc1c(OCCC2CCCNC2)cccc1[N+](=O)[O-]. The van der Waals surface area contributed by atoms with Crippen LogP contribution in [0.25, 0.3) is 0 Å². The minimum Gasteiger partial charge on any atom is -0.493 e. The molecule has 0 amide bonds. The van der Waals surface area contributed by atoms with Crippen LogP contribution in [0, 0.1) is 23.0 Å². The zero-order valence-electron chi connectivity index (χ0n) is 11.2. The number of nitro benzene ring substituents is 1. The molecule has 2 rings (SSSR count). The third-order valence-electron chi connectivity index (χ3n) is 3.63. The number of piperidine rings is 1. The van der Waals surface area contributed by atoms with Gasteiger partial charge in [-0.15, -0.1) is 0 Å².